The van der Waals surface area contributed by atoms with Crippen LogP contribution in [0.5, 0.6) is 0 Å². The number of fused-ring (bicyclic) bond motifs is 1. The van der Waals surface area contributed by atoms with Gasteiger partial charge in [-0.15, -0.1) is 0 Å². The van der Waals surface area contributed by atoms with Gasteiger partial charge < -0.3 is 15.5 Å². The van der Waals surface area contributed by atoms with Crippen LogP contribution >= 0.6 is 0 Å². The zero-order chi connectivity index (χ0) is 14.1. The van der Waals surface area contributed by atoms with Gasteiger partial charge in [0.1, 0.15) is 5.82 Å². The SMILES string of the molecule is CN1CCN(Cc2cc(F)ccc2N)c2ccccc21. The molecular weight excluding hydrogens is 253 g/mol. The molecule has 3 nitrogen and oxygen atoms in total. The van der Waals surface area contributed by atoms with E-state index in [0.29, 0.717) is 12.2 Å². The normalized spacial score (nSPS) is 14.3. The number of anilines is 3. The first-order valence-electron chi connectivity index (χ1n) is 6.74. The summed E-state index contributed by atoms with van der Waals surface area (Å²) in [6, 6.07) is 12.8. The summed E-state index contributed by atoms with van der Waals surface area (Å²) < 4.78 is 13.4. The van der Waals surface area contributed by atoms with E-state index >= 15 is 0 Å². The van der Waals surface area contributed by atoms with E-state index in [2.05, 4.69) is 29.0 Å². The molecule has 1 heterocycles. The number of likely N-dealkylation sites (N-methyl/N-ethyl adjacent to an activating group) is 1. The molecule has 104 valence electrons. The van der Waals surface area contributed by atoms with Crippen molar-refractivity contribution in [3.05, 3.63) is 53.8 Å². The van der Waals surface area contributed by atoms with Gasteiger partial charge in [0.05, 0.1) is 11.4 Å². The molecule has 2 aromatic carbocycles. The van der Waals surface area contributed by atoms with Crippen molar-refractivity contribution in [2.24, 2.45) is 0 Å². The highest BCUT2D eigenvalue weighted by Gasteiger charge is 2.20. The molecule has 0 saturated carbocycles. The molecule has 0 bridgehead atoms. The van der Waals surface area contributed by atoms with Gasteiger partial charge in [-0.2, -0.15) is 0 Å². The average Bonchev–Trinajstić information content (AvgIpc) is 2.46. The van der Waals surface area contributed by atoms with Crippen LogP contribution in [0.2, 0.25) is 0 Å². The number of benzene rings is 2. The molecule has 0 fully saturated rings. The predicted octanol–water partition coefficient (Wildman–Crippen LogP) is 2.86. The van der Waals surface area contributed by atoms with Gasteiger partial charge in [-0.05, 0) is 35.9 Å². The molecule has 0 saturated heterocycles. The lowest BCUT2D eigenvalue weighted by Gasteiger charge is -2.37. The van der Waals surface area contributed by atoms with Crippen LogP contribution in [0, 0.1) is 5.82 Å². The number of hydrogen-bond donors (Lipinski definition) is 1. The van der Waals surface area contributed by atoms with Gasteiger partial charge in [0.2, 0.25) is 0 Å². The van der Waals surface area contributed by atoms with Crippen molar-refractivity contribution in [2.75, 3.05) is 35.7 Å². The second kappa shape index (κ2) is 5.04. The van der Waals surface area contributed by atoms with Crippen LogP contribution in [-0.4, -0.2) is 20.1 Å². The standard InChI is InChI=1S/C16H18FN3/c1-19-8-9-20(16-5-3-2-4-15(16)19)11-12-10-13(17)6-7-14(12)18/h2-7,10H,8-9,11,18H2,1H3. The van der Waals surface area contributed by atoms with Crippen molar-refractivity contribution in [3.63, 3.8) is 0 Å². The van der Waals surface area contributed by atoms with Gasteiger partial charge in [0.15, 0.2) is 0 Å². The van der Waals surface area contributed by atoms with E-state index in [1.54, 1.807) is 6.07 Å². The average molecular weight is 271 g/mol. The number of hydrogen-bond acceptors (Lipinski definition) is 3. The van der Waals surface area contributed by atoms with E-state index in [-0.39, 0.29) is 5.82 Å². The maximum absolute atomic E-state index is 13.4. The third-order valence-corrected chi connectivity index (χ3v) is 3.81. The van der Waals surface area contributed by atoms with Crippen LogP contribution in [0.15, 0.2) is 42.5 Å². The Morgan fingerprint density at radius 1 is 1.10 bits per heavy atom. The Bertz CT molecular complexity index is 627. The minimum atomic E-state index is -0.239. The Kier molecular flexibility index (Phi) is 3.22. The van der Waals surface area contributed by atoms with Crippen LogP contribution < -0.4 is 15.5 Å². The number of nitrogen functional groups attached to an aromatic ring is 1. The maximum atomic E-state index is 13.4. The molecule has 2 N–H and O–H groups in total. The number of nitrogens with two attached hydrogens (primary N) is 1. The first kappa shape index (κ1) is 12.8. The summed E-state index contributed by atoms with van der Waals surface area (Å²) >= 11 is 0. The van der Waals surface area contributed by atoms with Crippen LogP contribution in [0.4, 0.5) is 21.5 Å². The summed E-state index contributed by atoms with van der Waals surface area (Å²) in [5, 5.41) is 0. The maximum Gasteiger partial charge on any atom is 0.123 e. The van der Waals surface area contributed by atoms with Crippen LogP contribution in [-0.2, 0) is 6.54 Å². The fraction of sp³-hybridized carbons (Fsp3) is 0.250. The van der Waals surface area contributed by atoms with Crippen LogP contribution in [0.3, 0.4) is 0 Å². The van der Waals surface area contributed by atoms with Crippen molar-refractivity contribution in [1.29, 1.82) is 0 Å². The van der Waals surface area contributed by atoms with Crippen molar-refractivity contribution in [3.8, 4) is 0 Å². The van der Waals surface area contributed by atoms with Gasteiger partial charge in [-0.3, -0.25) is 0 Å². The van der Waals surface area contributed by atoms with E-state index in [0.717, 1.165) is 18.7 Å². The highest BCUT2D eigenvalue weighted by molar-refractivity contribution is 5.73. The lowest BCUT2D eigenvalue weighted by molar-refractivity contribution is 0.624. The Labute approximate surface area is 118 Å². The summed E-state index contributed by atoms with van der Waals surface area (Å²) in [5.74, 6) is -0.239. The molecule has 3 rings (SSSR count). The molecule has 0 radical (unpaired) electrons. The number of halogens is 1. The van der Waals surface area contributed by atoms with E-state index in [4.69, 9.17) is 5.73 Å². The highest BCUT2D eigenvalue weighted by atomic mass is 19.1. The lowest BCUT2D eigenvalue weighted by Crippen LogP contribution is -2.38. The first-order valence-corrected chi connectivity index (χ1v) is 6.74. The molecule has 0 aromatic heterocycles. The van der Waals surface area contributed by atoms with E-state index < -0.39 is 0 Å². The smallest absolute Gasteiger partial charge is 0.123 e. The summed E-state index contributed by atoms with van der Waals surface area (Å²) in [6.45, 7) is 2.49. The predicted molar refractivity (Wildman–Crippen MR) is 81.6 cm³/mol. The number of rotatable bonds is 2. The third kappa shape index (κ3) is 2.29. The first-order chi connectivity index (χ1) is 9.65. The molecule has 20 heavy (non-hydrogen) atoms. The Hall–Kier alpha value is -2.23. The largest absolute Gasteiger partial charge is 0.398 e. The molecule has 0 unspecified atom stereocenters. The second-order valence-electron chi connectivity index (χ2n) is 5.17. The fourth-order valence-corrected chi connectivity index (χ4v) is 2.65. The molecule has 1 aliphatic rings. The minimum Gasteiger partial charge on any atom is -0.398 e. The Balaban J connectivity index is 1.92. The van der Waals surface area contributed by atoms with Gasteiger partial charge in [-0.25, -0.2) is 4.39 Å². The van der Waals surface area contributed by atoms with Gasteiger partial charge in [0, 0.05) is 32.4 Å². The van der Waals surface area contributed by atoms with E-state index in [9.17, 15) is 4.39 Å². The minimum absolute atomic E-state index is 0.239. The summed E-state index contributed by atoms with van der Waals surface area (Å²) in [5.41, 5.74) is 9.80. The van der Waals surface area contributed by atoms with Crippen LogP contribution in [0.1, 0.15) is 5.56 Å². The zero-order valence-electron chi connectivity index (χ0n) is 11.5. The summed E-state index contributed by atoms with van der Waals surface area (Å²) in [4.78, 5) is 4.49. The van der Waals surface area contributed by atoms with Gasteiger partial charge >= 0.3 is 0 Å². The molecular formula is C16H18FN3. The summed E-state index contributed by atoms with van der Waals surface area (Å²) in [6.07, 6.45) is 0. The van der Waals surface area contributed by atoms with Crippen molar-refractivity contribution in [1.82, 2.24) is 0 Å². The molecule has 2 aromatic rings. The molecule has 0 atom stereocenters. The third-order valence-electron chi connectivity index (χ3n) is 3.81. The topological polar surface area (TPSA) is 32.5 Å². The second-order valence-corrected chi connectivity index (χ2v) is 5.17. The summed E-state index contributed by atoms with van der Waals surface area (Å²) in [7, 11) is 2.09. The quantitative estimate of drug-likeness (QED) is 0.852. The van der Waals surface area contributed by atoms with E-state index in [1.807, 2.05) is 12.1 Å². The van der Waals surface area contributed by atoms with Gasteiger partial charge in [-0.1, -0.05) is 12.1 Å². The molecule has 0 aliphatic carbocycles. The molecule has 1 aliphatic heterocycles. The molecule has 0 amide bonds. The fourth-order valence-electron chi connectivity index (χ4n) is 2.65. The Morgan fingerprint density at radius 3 is 2.65 bits per heavy atom. The molecule has 0 spiro atoms. The van der Waals surface area contributed by atoms with Crippen molar-refractivity contribution < 1.29 is 4.39 Å². The Morgan fingerprint density at radius 2 is 1.85 bits per heavy atom. The van der Waals surface area contributed by atoms with Crippen molar-refractivity contribution >= 4 is 17.1 Å². The zero-order valence-corrected chi connectivity index (χ0v) is 11.5. The monoisotopic (exact) mass is 271 g/mol. The lowest BCUT2D eigenvalue weighted by atomic mass is 10.1. The van der Waals surface area contributed by atoms with Gasteiger partial charge in [0.25, 0.3) is 0 Å². The highest BCUT2D eigenvalue weighted by Crippen LogP contribution is 2.33. The van der Waals surface area contributed by atoms with Crippen molar-refractivity contribution in [2.45, 2.75) is 6.54 Å². The number of para-hydroxylation sites is 2. The van der Waals surface area contributed by atoms with E-state index in [1.165, 1.54) is 23.5 Å². The number of nitrogens with zero attached hydrogens (tertiary/aromatic N) is 2. The van der Waals surface area contributed by atoms with Crippen LogP contribution in [0.25, 0.3) is 0 Å². The molecule has 4 heteroatoms.